The predicted molar refractivity (Wildman–Crippen MR) is 147 cm³/mol. The molecule has 0 aromatic carbocycles. The second-order valence-electron chi connectivity index (χ2n) is 13.3. The molecular formula is C29H39N7O5. The number of likely N-dealkylation sites (N-methyl/N-ethyl adjacent to an activating group) is 1. The maximum atomic E-state index is 13.3. The maximum Gasteiger partial charge on any atom is 0.320 e. The van der Waals surface area contributed by atoms with Gasteiger partial charge in [0, 0.05) is 24.9 Å². The van der Waals surface area contributed by atoms with Crippen LogP contribution < -0.4 is 16.0 Å². The van der Waals surface area contributed by atoms with Crippen molar-refractivity contribution in [3.63, 3.8) is 0 Å². The number of hydrogen-bond acceptors (Lipinski definition) is 8. The van der Waals surface area contributed by atoms with E-state index >= 15 is 0 Å². The number of rotatable bonds is 5. The third-order valence-corrected chi connectivity index (χ3v) is 10.4. The first kappa shape index (κ1) is 25.8. The minimum atomic E-state index is -0.811. The van der Waals surface area contributed by atoms with Crippen LogP contribution in [0.25, 0.3) is 11.2 Å². The maximum absolute atomic E-state index is 13.3. The molecule has 5 aliphatic carbocycles. The number of aromatic nitrogens is 4. The number of nitrogens with one attached hydrogen (secondary N) is 3. The largest absolute Gasteiger partial charge is 0.354 e. The molecule has 7 aliphatic rings. The summed E-state index contributed by atoms with van der Waals surface area (Å²) >= 11 is 0. The first-order valence-corrected chi connectivity index (χ1v) is 15.5. The van der Waals surface area contributed by atoms with E-state index in [0.29, 0.717) is 23.5 Å². The molecule has 4 heterocycles. The van der Waals surface area contributed by atoms with Crippen LogP contribution in [0.4, 0.5) is 10.6 Å². The second-order valence-corrected chi connectivity index (χ2v) is 13.3. The van der Waals surface area contributed by atoms with Crippen LogP contribution in [0.1, 0.15) is 83.8 Å². The van der Waals surface area contributed by atoms with E-state index in [0.717, 1.165) is 69.1 Å². The highest BCUT2D eigenvalue weighted by Gasteiger charge is 2.61. The summed E-state index contributed by atoms with van der Waals surface area (Å²) in [5.41, 5.74) is 0.847. The number of ether oxygens (including phenoxy) is 3. The van der Waals surface area contributed by atoms with Crippen molar-refractivity contribution >= 4 is 28.9 Å². The molecule has 7 fully saturated rings. The Balaban J connectivity index is 1.05. The summed E-state index contributed by atoms with van der Waals surface area (Å²) in [6, 6.07) is -0.248. The number of imidazole rings is 1. The predicted octanol–water partition coefficient (Wildman–Crippen LogP) is 3.39. The Labute approximate surface area is 238 Å². The van der Waals surface area contributed by atoms with Gasteiger partial charge in [-0.15, -0.1) is 0 Å². The summed E-state index contributed by atoms with van der Waals surface area (Å²) < 4.78 is 21.2. The summed E-state index contributed by atoms with van der Waals surface area (Å²) in [7, 11) is 0. The Bertz CT molecular complexity index is 1320. The first-order valence-electron chi connectivity index (χ1n) is 15.5. The molecule has 2 aromatic heterocycles. The lowest BCUT2D eigenvalue weighted by atomic mass is 9.53. The minimum Gasteiger partial charge on any atom is -0.354 e. The van der Waals surface area contributed by atoms with Gasteiger partial charge in [0.05, 0.1) is 6.33 Å². The van der Waals surface area contributed by atoms with Crippen molar-refractivity contribution in [1.29, 1.82) is 0 Å². The highest BCUT2D eigenvalue weighted by Crippen LogP contribution is 2.55. The fourth-order valence-corrected chi connectivity index (χ4v) is 9.23. The summed E-state index contributed by atoms with van der Waals surface area (Å²) in [5, 5.41) is 9.18. The van der Waals surface area contributed by atoms with E-state index in [4.69, 9.17) is 14.2 Å². The molecule has 9 rings (SSSR count). The number of nitrogens with zero attached hydrogens (tertiary/aromatic N) is 4. The van der Waals surface area contributed by atoms with Gasteiger partial charge >= 0.3 is 6.03 Å². The van der Waals surface area contributed by atoms with Gasteiger partial charge in [-0.2, -0.15) is 0 Å². The van der Waals surface area contributed by atoms with E-state index < -0.39 is 30.3 Å². The van der Waals surface area contributed by atoms with E-state index in [1.54, 1.807) is 10.9 Å². The number of fused-ring (bicyclic) bond motifs is 2. The molecular weight excluding hydrogens is 526 g/mol. The molecule has 2 aliphatic heterocycles. The summed E-state index contributed by atoms with van der Waals surface area (Å²) in [6.07, 6.45) is 12.5. The molecule has 4 atom stereocenters. The average Bonchev–Trinajstić information content (AvgIpc) is 3.60. The van der Waals surface area contributed by atoms with Gasteiger partial charge in [-0.1, -0.05) is 6.42 Å². The lowest BCUT2D eigenvalue weighted by Gasteiger charge is -2.56. The third kappa shape index (κ3) is 4.32. The highest BCUT2D eigenvalue weighted by atomic mass is 16.8. The molecule has 220 valence electrons. The number of carbonyl (C=O) groups excluding carboxylic acids is 2. The number of urea groups is 1. The molecule has 0 unspecified atom stereocenters. The molecule has 5 saturated carbocycles. The van der Waals surface area contributed by atoms with Crippen molar-refractivity contribution in [2.75, 3.05) is 11.9 Å². The Morgan fingerprint density at radius 3 is 2.39 bits per heavy atom. The fourth-order valence-electron chi connectivity index (χ4n) is 9.23. The van der Waals surface area contributed by atoms with E-state index in [1.165, 1.54) is 25.6 Å². The Hall–Kier alpha value is -2.83. The SMILES string of the molecule is CCNC(=O)[C@H]1O[C@@H](n2cnc3c(NC(=O)NC45CC6CC(CC(C6)C4)C5)ncnc32)[C@@H]2OC3(CCCCC3)O[C@@H]21. The van der Waals surface area contributed by atoms with Crippen LogP contribution in [-0.2, 0) is 19.0 Å². The van der Waals surface area contributed by atoms with Gasteiger partial charge in [0.1, 0.15) is 18.5 Å². The van der Waals surface area contributed by atoms with Crippen LogP contribution in [-0.4, -0.2) is 67.6 Å². The van der Waals surface area contributed by atoms with Crippen LogP contribution >= 0.6 is 0 Å². The van der Waals surface area contributed by atoms with E-state index in [9.17, 15) is 9.59 Å². The topological polar surface area (TPSA) is 142 Å². The fraction of sp³-hybridized carbons (Fsp3) is 0.759. The van der Waals surface area contributed by atoms with Crippen LogP contribution in [0, 0.1) is 17.8 Å². The first-order chi connectivity index (χ1) is 19.9. The van der Waals surface area contributed by atoms with Gasteiger partial charge in [-0.3, -0.25) is 14.7 Å². The molecule has 12 nitrogen and oxygen atoms in total. The van der Waals surface area contributed by atoms with Crippen molar-refractivity contribution in [2.24, 2.45) is 17.8 Å². The third-order valence-electron chi connectivity index (χ3n) is 10.4. The van der Waals surface area contributed by atoms with E-state index in [-0.39, 0.29) is 17.5 Å². The molecule has 3 amide bonds. The molecule has 4 bridgehead atoms. The minimum absolute atomic E-state index is 0.111. The Morgan fingerprint density at radius 1 is 0.976 bits per heavy atom. The van der Waals surface area contributed by atoms with Gasteiger partial charge in [-0.05, 0) is 76.0 Å². The van der Waals surface area contributed by atoms with Crippen molar-refractivity contribution < 1.29 is 23.8 Å². The summed E-state index contributed by atoms with van der Waals surface area (Å²) in [4.78, 5) is 39.7. The van der Waals surface area contributed by atoms with E-state index in [1.807, 2.05) is 6.92 Å². The van der Waals surface area contributed by atoms with Crippen molar-refractivity contribution in [3.05, 3.63) is 12.7 Å². The van der Waals surface area contributed by atoms with Crippen LogP contribution in [0.5, 0.6) is 0 Å². The number of amides is 3. The number of hydrogen-bond donors (Lipinski definition) is 3. The summed E-state index contributed by atoms with van der Waals surface area (Å²) in [6.45, 7) is 2.37. The lowest BCUT2D eigenvalue weighted by molar-refractivity contribution is -0.229. The second kappa shape index (κ2) is 9.60. The normalized spacial score (nSPS) is 38.3. The monoisotopic (exact) mass is 565 g/mol. The Kier molecular flexibility index (Phi) is 6.05. The Morgan fingerprint density at radius 2 is 1.68 bits per heavy atom. The molecule has 3 N–H and O–H groups in total. The standard InChI is InChI=1S/C29H39N7O5/c1-2-30-25(37)21-20-22(41-29(40-20)6-4-3-5-7-29)26(39-21)36-15-33-19-23(31-14-32-24(19)36)34-27(38)35-28-11-16-8-17(12-28)10-18(9-16)13-28/h14-18,20-22,26H,2-13H2,1H3,(H,30,37)(H2,31,32,34,35,38)/t16?,17?,18?,20-,21+,22-,26-,28?/m1/s1. The smallest absolute Gasteiger partial charge is 0.320 e. The molecule has 1 spiro atoms. The molecule has 41 heavy (non-hydrogen) atoms. The molecule has 2 saturated heterocycles. The van der Waals surface area contributed by atoms with Crippen LogP contribution in [0.15, 0.2) is 12.7 Å². The van der Waals surface area contributed by atoms with Crippen molar-refractivity contribution in [1.82, 2.24) is 30.2 Å². The average molecular weight is 566 g/mol. The number of anilines is 1. The molecule has 0 radical (unpaired) electrons. The summed E-state index contributed by atoms with van der Waals surface area (Å²) in [5.74, 6) is 1.64. The quantitative estimate of drug-likeness (QED) is 0.501. The zero-order valence-electron chi connectivity index (χ0n) is 23.5. The molecule has 2 aromatic rings. The van der Waals surface area contributed by atoms with Gasteiger partial charge < -0.3 is 24.8 Å². The van der Waals surface area contributed by atoms with Crippen molar-refractivity contribution in [3.8, 4) is 0 Å². The van der Waals surface area contributed by atoms with E-state index in [2.05, 4.69) is 30.9 Å². The van der Waals surface area contributed by atoms with Crippen molar-refractivity contribution in [2.45, 2.75) is 113 Å². The van der Waals surface area contributed by atoms with Gasteiger partial charge in [0.15, 0.2) is 35.1 Å². The van der Waals surface area contributed by atoms with Gasteiger partial charge in [-0.25, -0.2) is 19.7 Å². The lowest BCUT2D eigenvalue weighted by Crippen LogP contribution is -2.60. The van der Waals surface area contributed by atoms with Crippen LogP contribution in [0.3, 0.4) is 0 Å². The zero-order valence-corrected chi connectivity index (χ0v) is 23.5. The van der Waals surface area contributed by atoms with Gasteiger partial charge in [0.25, 0.3) is 5.91 Å². The zero-order chi connectivity index (χ0) is 27.8. The van der Waals surface area contributed by atoms with Crippen LogP contribution in [0.2, 0.25) is 0 Å². The van der Waals surface area contributed by atoms with Gasteiger partial charge in [0.2, 0.25) is 0 Å². The molecule has 12 heteroatoms. The number of carbonyl (C=O) groups is 2. The highest BCUT2D eigenvalue weighted by molar-refractivity contribution is 5.96.